The molecule has 1 atom stereocenters. The molecule has 0 aliphatic carbocycles. The fraction of sp³-hybridized carbons (Fsp3) is 0.421. The van der Waals surface area contributed by atoms with Gasteiger partial charge < -0.3 is 4.98 Å². The zero-order valence-electron chi connectivity index (χ0n) is 14.0. The molecule has 0 bridgehead atoms. The maximum Gasteiger partial charge on any atom is 0.107 e. The molecule has 1 unspecified atom stereocenters. The van der Waals surface area contributed by atoms with Crippen molar-refractivity contribution in [2.45, 2.75) is 32.2 Å². The number of imidazole rings is 1. The van der Waals surface area contributed by atoms with Crippen LogP contribution in [0.5, 0.6) is 0 Å². The number of hydrogen-bond acceptors (Lipinski definition) is 4. The number of nitrogens with one attached hydrogen (secondary N) is 1. The first-order chi connectivity index (χ1) is 11.8. The molecule has 1 aliphatic rings. The Morgan fingerprint density at radius 1 is 1.21 bits per heavy atom. The van der Waals surface area contributed by atoms with Crippen molar-refractivity contribution < 1.29 is 0 Å². The number of piperidine rings is 1. The van der Waals surface area contributed by atoms with Gasteiger partial charge in [-0.05, 0) is 50.9 Å². The predicted molar refractivity (Wildman–Crippen MR) is 94.5 cm³/mol. The van der Waals surface area contributed by atoms with Crippen LogP contribution in [0.3, 0.4) is 0 Å². The van der Waals surface area contributed by atoms with Crippen molar-refractivity contribution in [2.75, 3.05) is 13.1 Å². The first-order valence-electron chi connectivity index (χ1n) is 8.73. The lowest BCUT2D eigenvalue weighted by Crippen LogP contribution is -2.36. The Labute approximate surface area is 142 Å². The molecule has 1 saturated heterocycles. The highest BCUT2D eigenvalue weighted by molar-refractivity contribution is 5.74. The van der Waals surface area contributed by atoms with Gasteiger partial charge in [0.1, 0.15) is 5.82 Å². The third kappa shape index (κ3) is 3.17. The van der Waals surface area contributed by atoms with Gasteiger partial charge in [0.25, 0.3) is 0 Å². The van der Waals surface area contributed by atoms with Gasteiger partial charge in [-0.25, -0.2) is 4.98 Å². The van der Waals surface area contributed by atoms with E-state index in [9.17, 15) is 0 Å². The van der Waals surface area contributed by atoms with E-state index in [0.29, 0.717) is 12.0 Å². The number of fused-ring (bicyclic) bond motifs is 1. The summed E-state index contributed by atoms with van der Waals surface area (Å²) in [6.07, 6.45) is 8.85. The summed E-state index contributed by atoms with van der Waals surface area (Å²) in [5, 5.41) is 0. The molecule has 0 amide bonds. The maximum absolute atomic E-state index is 4.72. The molecule has 0 saturated carbocycles. The average Bonchev–Trinajstić information content (AvgIpc) is 3.05. The summed E-state index contributed by atoms with van der Waals surface area (Å²) in [6, 6.07) is 8.60. The van der Waals surface area contributed by atoms with Crippen LogP contribution in [0.2, 0.25) is 0 Å². The third-order valence-electron chi connectivity index (χ3n) is 5.13. The molecule has 124 valence electrons. The first-order valence-corrected chi connectivity index (χ1v) is 8.73. The summed E-state index contributed by atoms with van der Waals surface area (Å²) in [5.74, 6) is 1.83. The molecule has 0 radical (unpaired) electrons. The fourth-order valence-electron chi connectivity index (χ4n) is 3.63. The molecule has 5 nitrogen and oxygen atoms in total. The van der Waals surface area contributed by atoms with Crippen molar-refractivity contribution in [1.29, 1.82) is 0 Å². The minimum Gasteiger partial charge on any atom is -0.342 e. The normalized spacial score (nSPS) is 18.0. The van der Waals surface area contributed by atoms with Crippen LogP contribution in [0, 0.1) is 5.92 Å². The highest BCUT2D eigenvalue weighted by atomic mass is 15.2. The fourth-order valence-corrected chi connectivity index (χ4v) is 3.63. The molecule has 1 fully saturated rings. The van der Waals surface area contributed by atoms with Crippen LogP contribution >= 0.6 is 0 Å². The second-order valence-corrected chi connectivity index (χ2v) is 6.69. The van der Waals surface area contributed by atoms with Gasteiger partial charge in [0.05, 0.1) is 22.8 Å². The van der Waals surface area contributed by atoms with E-state index >= 15 is 0 Å². The van der Waals surface area contributed by atoms with Gasteiger partial charge in [0.2, 0.25) is 0 Å². The molecule has 4 rings (SSSR count). The van der Waals surface area contributed by atoms with E-state index in [1.807, 2.05) is 12.3 Å². The van der Waals surface area contributed by atoms with Crippen molar-refractivity contribution in [2.24, 2.45) is 5.92 Å². The van der Waals surface area contributed by atoms with Crippen molar-refractivity contribution in [3.05, 3.63) is 54.4 Å². The van der Waals surface area contributed by atoms with Gasteiger partial charge in [-0.1, -0.05) is 12.1 Å². The van der Waals surface area contributed by atoms with Crippen molar-refractivity contribution in [3.63, 3.8) is 0 Å². The molecule has 3 heterocycles. The van der Waals surface area contributed by atoms with E-state index in [1.165, 1.54) is 12.8 Å². The summed E-state index contributed by atoms with van der Waals surface area (Å²) in [4.78, 5) is 19.3. The molecule has 1 aromatic carbocycles. The number of aromatic nitrogens is 4. The zero-order valence-corrected chi connectivity index (χ0v) is 14.0. The highest BCUT2D eigenvalue weighted by Gasteiger charge is 2.25. The van der Waals surface area contributed by atoms with Gasteiger partial charge in [0, 0.05) is 25.0 Å². The molecule has 2 aromatic heterocycles. The molecular weight excluding hydrogens is 298 g/mol. The lowest BCUT2D eigenvalue weighted by Gasteiger charge is -2.35. The zero-order chi connectivity index (χ0) is 16.4. The lowest BCUT2D eigenvalue weighted by atomic mass is 9.92. The summed E-state index contributed by atoms with van der Waals surface area (Å²) in [7, 11) is 0. The number of nitrogens with zero attached hydrogens (tertiary/aromatic N) is 4. The van der Waals surface area contributed by atoms with E-state index in [4.69, 9.17) is 4.98 Å². The number of aromatic amines is 1. The Hall–Kier alpha value is -2.27. The van der Waals surface area contributed by atoms with Crippen LogP contribution in [0.4, 0.5) is 0 Å². The number of para-hydroxylation sites is 2. The van der Waals surface area contributed by atoms with Gasteiger partial charge >= 0.3 is 0 Å². The molecule has 1 aliphatic heterocycles. The predicted octanol–water partition coefficient (Wildman–Crippen LogP) is 3.37. The standard InChI is InChI=1S/C19H23N5/c1-14(18-13-20-8-9-21-18)24-10-6-15(7-11-24)12-19-22-16-4-2-3-5-17(16)23-19/h2-5,8-9,13-15H,6-7,10-12H2,1H3,(H,22,23). The van der Waals surface area contributed by atoms with Gasteiger partial charge in [-0.3, -0.25) is 14.9 Å². The van der Waals surface area contributed by atoms with Crippen LogP contribution in [0.1, 0.15) is 37.3 Å². The largest absolute Gasteiger partial charge is 0.342 e. The maximum atomic E-state index is 4.72. The average molecular weight is 321 g/mol. The van der Waals surface area contributed by atoms with E-state index in [-0.39, 0.29) is 0 Å². The number of benzene rings is 1. The summed E-state index contributed by atoms with van der Waals surface area (Å²) in [6.45, 7) is 4.45. The molecule has 3 aromatic rings. The Morgan fingerprint density at radius 3 is 2.79 bits per heavy atom. The monoisotopic (exact) mass is 321 g/mol. The van der Waals surface area contributed by atoms with Crippen LogP contribution in [0.25, 0.3) is 11.0 Å². The SMILES string of the molecule is CC(c1cnccn1)N1CCC(Cc2nc3ccccc3[nH]2)CC1. The van der Waals surface area contributed by atoms with Gasteiger partial charge in [-0.2, -0.15) is 0 Å². The molecule has 24 heavy (non-hydrogen) atoms. The van der Waals surface area contributed by atoms with Crippen molar-refractivity contribution >= 4 is 11.0 Å². The Morgan fingerprint density at radius 2 is 2.04 bits per heavy atom. The minimum atomic E-state index is 0.339. The molecule has 1 N–H and O–H groups in total. The van der Waals surface area contributed by atoms with Gasteiger partial charge in [-0.15, -0.1) is 0 Å². The van der Waals surface area contributed by atoms with E-state index < -0.39 is 0 Å². The Bertz CT molecular complexity index is 757. The topological polar surface area (TPSA) is 57.7 Å². The summed E-state index contributed by atoms with van der Waals surface area (Å²) >= 11 is 0. The number of hydrogen-bond donors (Lipinski definition) is 1. The molecule has 0 spiro atoms. The van der Waals surface area contributed by atoms with E-state index in [2.05, 4.69) is 45.0 Å². The second-order valence-electron chi connectivity index (χ2n) is 6.69. The van der Waals surface area contributed by atoms with Crippen molar-refractivity contribution in [3.8, 4) is 0 Å². The Balaban J connectivity index is 1.36. The van der Waals surface area contributed by atoms with Gasteiger partial charge in [0.15, 0.2) is 0 Å². The quantitative estimate of drug-likeness (QED) is 0.800. The van der Waals surface area contributed by atoms with Crippen LogP contribution in [-0.2, 0) is 6.42 Å². The minimum absolute atomic E-state index is 0.339. The molecular formula is C19H23N5. The number of likely N-dealkylation sites (tertiary alicyclic amines) is 1. The first kappa shape index (κ1) is 15.3. The summed E-state index contributed by atoms with van der Waals surface area (Å²) < 4.78 is 0. The van der Waals surface area contributed by atoms with Crippen LogP contribution < -0.4 is 0 Å². The van der Waals surface area contributed by atoms with Crippen molar-refractivity contribution in [1.82, 2.24) is 24.8 Å². The van der Waals surface area contributed by atoms with Crippen LogP contribution in [0.15, 0.2) is 42.9 Å². The second kappa shape index (κ2) is 6.69. The number of H-pyrrole nitrogens is 1. The molecule has 5 heteroatoms. The Kier molecular flexibility index (Phi) is 4.26. The van der Waals surface area contributed by atoms with E-state index in [0.717, 1.165) is 42.1 Å². The lowest BCUT2D eigenvalue weighted by molar-refractivity contribution is 0.138. The van der Waals surface area contributed by atoms with Crippen LogP contribution in [-0.4, -0.2) is 37.9 Å². The summed E-state index contributed by atoms with van der Waals surface area (Å²) in [5.41, 5.74) is 3.27. The smallest absolute Gasteiger partial charge is 0.107 e. The third-order valence-corrected chi connectivity index (χ3v) is 5.13. The highest BCUT2D eigenvalue weighted by Crippen LogP contribution is 2.27. The van der Waals surface area contributed by atoms with E-state index in [1.54, 1.807) is 12.4 Å². The number of rotatable bonds is 4.